The van der Waals surface area contributed by atoms with Gasteiger partial charge in [0.25, 0.3) is 22.9 Å². The van der Waals surface area contributed by atoms with Crippen LogP contribution in [-0.2, 0) is 28.2 Å². The number of benzene rings is 10. The Morgan fingerprint density at radius 1 is 0.250 bits per heavy atom. The Labute approximate surface area is 654 Å². The summed E-state index contributed by atoms with van der Waals surface area (Å²) in [7, 11) is 8.50. The number of nitrogens with zero attached hydrogens (tertiary/aromatic N) is 8. The first kappa shape index (κ1) is 95.6. The highest BCUT2D eigenvalue weighted by Gasteiger charge is 2.28. The van der Waals surface area contributed by atoms with Gasteiger partial charge in [-0.05, 0) is 123 Å². The molecule has 0 atom stereocenters. The second-order valence-electron chi connectivity index (χ2n) is 21.9. The molecule has 16 aromatic rings. The number of hydrogen-bond acceptors (Lipinski definition) is 0. The van der Waals surface area contributed by atoms with Crippen molar-refractivity contribution in [3.8, 4) is 34.2 Å². The SMILES string of the molecule is CC.CC.CC.CC.CC.CC.CC.CC.CC.CC.CC.CC.Cc1cccc2c3ccccc3n3c4ccccc4[n+](C)c3c12.Cc1cccc2c3ccccc3n3cc[n+](C)c3c12.Cc1ccccc1-c1n(-c2ccccc2)c2ccccc2[n+]1C.Cc1ccccc1-c1n(-c2ccccc2)cc[n+]1C. The van der Waals surface area contributed by atoms with E-state index in [1.54, 1.807) is 0 Å². The van der Waals surface area contributed by atoms with Gasteiger partial charge < -0.3 is 0 Å². The maximum atomic E-state index is 2.40. The van der Waals surface area contributed by atoms with Crippen LogP contribution in [0.25, 0.3) is 111 Å². The number of pyridine rings is 2. The third-order valence-corrected chi connectivity index (χ3v) is 16.7. The van der Waals surface area contributed by atoms with Crippen molar-refractivity contribution in [1.29, 1.82) is 0 Å². The molecule has 0 saturated heterocycles. The minimum atomic E-state index is 1.18. The molecule has 0 aliphatic rings. The van der Waals surface area contributed by atoms with Crippen LogP contribution >= 0.6 is 0 Å². The van der Waals surface area contributed by atoms with E-state index in [0.717, 1.165) is 0 Å². The molecule has 0 aliphatic heterocycles. The Bertz CT molecular complexity index is 5120. The molecule has 16 rings (SSSR count). The van der Waals surface area contributed by atoms with Gasteiger partial charge in [0, 0.05) is 21.5 Å². The fourth-order valence-corrected chi connectivity index (χ4v) is 12.7. The standard InChI is InChI=1S/C21H17N2.C21H19N2.C17H15N2.C17H17N2.12C2H6/c1-14-8-7-10-16-15-9-3-4-11-17(15)23-19-13-6-5-12-18(19)22(2)21(23)20(14)16;1-16-10-6-7-13-18(16)21-22(2)19-14-8-9-15-20(19)23(21)17-11-4-3-5-12-17;1-12-6-5-8-14-13-7-3-4-9-15(13)19-11-10-18(2)17(19)16(12)14;1-14-8-6-7-11-16(14)17-18(2)12-13-19(17)15-9-4-3-5-10-15;12*1-2/h3-13H,1-2H3;3-15H,1-2H3;3-11H,1-2H3;3-13H,1-2H3;12*1-2H3/q4*+1;;;;;;;;;;;;. The first-order chi connectivity index (χ1) is 53.1. The molecular formula is C100H140N8+4. The van der Waals surface area contributed by atoms with E-state index in [9.17, 15) is 0 Å². The van der Waals surface area contributed by atoms with Crippen molar-refractivity contribution < 1.29 is 18.3 Å². The van der Waals surface area contributed by atoms with Gasteiger partial charge in [0.05, 0.1) is 50.1 Å². The number of hydrogen-bond donors (Lipinski definition) is 0. The van der Waals surface area contributed by atoms with Crippen LogP contribution in [0, 0.1) is 27.7 Å². The first-order valence-corrected chi connectivity index (χ1v) is 40.8. The second-order valence-corrected chi connectivity index (χ2v) is 21.9. The van der Waals surface area contributed by atoms with Crippen molar-refractivity contribution in [2.24, 2.45) is 28.2 Å². The molecule has 0 N–H and O–H groups in total. The summed E-state index contributed by atoms with van der Waals surface area (Å²) in [6.07, 6.45) is 8.46. The van der Waals surface area contributed by atoms with Crippen molar-refractivity contribution in [2.75, 3.05) is 0 Å². The van der Waals surface area contributed by atoms with E-state index in [4.69, 9.17) is 0 Å². The highest BCUT2D eigenvalue weighted by atomic mass is 15.2. The molecule has 0 unspecified atom stereocenters. The molecule has 0 fully saturated rings. The minimum absolute atomic E-state index is 1.18. The van der Waals surface area contributed by atoms with Gasteiger partial charge in [0.1, 0.15) is 47.2 Å². The number of aromatic nitrogens is 8. The molecule has 6 aromatic heterocycles. The summed E-state index contributed by atoms with van der Waals surface area (Å²) in [5.41, 5.74) is 20.1. The van der Waals surface area contributed by atoms with Gasteiger partial charge in [-0.2, -0.15) is 17.9 Å². The molecule has 0 spiro atoms. The van der Waals surface area contributed by atoms with Gasteiger partial charge in [0.15, 0.2) is 22.1 Å². The number of fused-ring (bicyclic) bond motifs is 15. The molecule has 0 saturated carbocycles. The van der Waals surface area contributed by atoms with Crippen molar-refractivity contribution in [3.63, 3.8) is 0 Å². The maximum Gasteiger partial charge on any atom is 0.295 e. The maximum absolute atomic E-state index is 2.40. The van der Waals surface area contributed by atoms with Crippen LogP contribution in [0.5, 0.6) is 0 Å². The molecule has 0 radical (unpaired) electrons. The third kappa shape index (κ3) is 21.9. The van der Waals surface area contributed by atoms with Crippen molar-refractivity contribution in [3.05, 3.63) is 290 Å². The van der Waals surface area contributed by atoms with Crippen LogP contribution < -0.4 is 18.3 Å². The van der Waals surface area contributed by atoms with Gasteiger partial charge in [-0.25, -0.2) is 18.3 Å². The Morgan fingerprint density at radius 2 is 0.593 bits per heavy atom. The topological polar surface area (TPSA) is 34.2 Å². The Hall–Kier alpha value is -10.4. The van der Waals surface area contributed by atoms with Crippen LogP contribution in [-0.4, -0.2) is 17.9 Å². The Morgan fingerprint density at radius 3 is 1.07 bits per heavy atom. The molecule has 0 bridgehead atoms. The summed E-state index contributed by atoms with van der Waals surface area (Å²) in [4.78, 5) is 0. The van der Waals surface area contributed by atoms with Gasteiger partial charge in [-0.1, -0.05) is 336 Å². The molecule has 8 nitrogen and oxygen atoms in total. The summed E-state index contributed by atoms with van der Waals surface area (Å²) in [6.45, 7) is 56.7. The van der Waals surface area contributed by atoms with Gasteiger partial charge in [0.2, 0.25) is 0 Å². The molecule has 0 amide bonds. The quantitative estimate of drug-likeness (QED) is 0.124. The summed E-state index contributed by atoms with van der Waals surface area (Å²) in [5, 5.41) is 7.95. The molecule has 576 valence electrons. The van der Waals surface area contributed by atoms with E-state index < -0.39 is 0 Å². The van der Waals surface area contributed by atoms with Crippen LogP contribution in [0.1, 0.15) is 188 Å². The first-order valence-electron chi connectivity index (χ1n) is 40.8. The van der Waals surface area contributed by atoms with Crippen LogP contribution in [0.3, 0.4) is 0 Å². The van der Waals surface area contributed by atoms with Crippen molar-refractivity contribution in [1.82, 2.24) is 17.9 Å². The number of aryl methyl sites for hydroxylation is 8. The molecule has 10 aromatic carbocycles. The average molecular weight is 1450 g/mol. The summed E-state index contributed by atoms with van der Waals surface area (Å²) < 4.78 is 18.2. The normalized spacial score (nSPS) is 9.48. The zero-order chi connectivity index (χ0) is 81.6. The lowest BCUT2D eigenvalue weighted by Gasteiger charge is -2.06. The summed E-state index contributed by atoms with van der Waals surface area (Å²) in [5.74, 6) is 2.40. The predicted octanol–water partition coefficient (Wildman–Crippen LogP) is 27.9. The number of para-hydroxylation sites is 8. The van der Waals surface area contributed by atoms with E-state index in [1.165, 1.54) is 133 Å². The predicted molar refractivity (Wildman–Crippen MR) is 482 cm³/mol. The lowest BCUT2D eigenvalue weighted by molar-refractivity contribution is -0.659. The van der Waals surface area contributed by atoms with E-state index in [-0.39, 0.29) is 0 Å². The Balaban J connectivity index is 0.000000659. The van der Waals surface area contributed by atoms with E-state index in [0.29, 0.717) is 0 Å². The smallest absolute Gasteiger partial charge is 0.232 e. The molecule has 6 heterocycles. The molecule has 108 heavy (non-hydrogen) atoms. The molecule has 8 heteroatoms. The van der Waals surface area contributed by atoms with Crippen molar-refractivity contribution >= 4 is 76.7 Å². The van der Waals surface area contributed by atoms with E-state index in [1.807, 2.05) is 172 Å². The van der Waals surface area contributed by atoms with E-state index >= 15 is 0 Å². The monoisotopic (exact) mass is 1450 g/mol. The zero-order valence-electron chi connectivity index (χ0n) is 73.0. The number of imidazole rings is 4. The minimum Gasteiger partial charge on any atom is -0.232 e. The average Bonchev–Trinajstić information content (AvgIpc) is 1.53. The fraction of sp³-hybridized carbons (Fsp3) is 0.320. The largest absolute Gasteiger partial charge is 0.295 e. The van der Waals surface area contributed by atoms with Crippen LogP contribution in [0.15, 0.2) is 267 Å². The molecular weight excluding hydrogens is 1310 g/mol. The fourth-order valence-electron chi connectivity index (χ4n) is 12.7. The highest BCUT2D eigenvalue weighted by molar-refractivity contribution is 6.14. The third-order valence-electron chi connectivity index (χ3n) is 16.7. The van der Waals surface area contributed by atoms with Gasteiger partial charge in [-0.15, -0.1) is 0 Å². The van der Waals surface area contributed by atoms with Crippen LogP contribution in [0.2, 0.25) is 0 Å². The van der Waals surface area contributed by atoms with Gasteiger partial charge in [-0.3, -0.25) is 0 Å². The second kappa shape index (κ2) is 52.5. The lowest BCUT2D eigenvalue weighted by Crippen LogP contribution is -2.30. The zero-order valence-corrected chi connectivity index (χ0v) is 73.0. The Kier molecular flexibility index (Phi) is 46.5. The number of rotatable bonds is 4. The van der Waals surface area contributed by atoms with E-state index in [2.05, 4.69) is 353 Å². The molecule has 0 aliphatic carbocycles. The lowest BCUT2D eigenvalue weighted by atomic mass is 10.0. The highest BCUT2D eigenvalue weighted by Crippen LogP contribution is 2.35. The van der Waals surface area contributed by atoms with Crippen LogP contribution in [0.4, 0.5) is 0 Å². The van der Waals surface area contributed by atoms with Gasteiger partial charge >= 0.3 is 0 Å². The summed E-state index contributed by atoms with van der Waals surface area (Å²) >= 11 is 0. The summed E-state index contributed by atoms with van der Waals surface area (Å²) in [6, 6.07) is 85.7. The van der Waals surface area contributed by atoms with Crippen molar-refractivity contribution in [2.45, 2.75) is 194 Å².